The van der Waals surface area contributed by atoms with Crippen molar-refractivity contribution in [1.29, 1.82) is 0 Å². The van der Waals surface area contributed by atoms with E-state index >= 15 is 0 Å². The Morgan fingerprint density at radius 3 is 2.73 bits per heavy atom. The summed E-state index contributed by atoms with van der Waals surface area (Å²) in [5.74, 6) is 0.190. The highest BCUT2D eigenvalue weighted by molar-refractivity contribution is 9.10. The van der Waals surface area contributed by atoms with Crippen LogP contribution in [-0.2, 0) is 5.75 Å². The van der Waals surface area contributed by atoms with E-state index in [1.54, 1.807) is 16.7 Å². The minimum absolute atomic E-state index is 0.164. The highest BCUT2D eigenvalue weighted by Crippen LogP contribution is 2.30. The molecule has 0 aromatic heterocycles. The van der Waals surface area contributed by atoms with Crippen molar-refractivity contribution in [3.63, 3.8) is 0 Å². The van der Waals surface area contributed by atoms with Gasteiger partial charge in [-0.25, -0.2) is 8.78 Å². The number of halogens is 3. The molecule has 7 heteroatoms. The number of anilines is 1. The molecule has 0 atom stereocenters. The molecule has 0 fully saturated rings. The van der Waals surface area contributed by atoms with Gasteiger partial charge in [-0.3, -0.25) is 4.99 Å². The molecule has 0 radical (unpaired) electrons. The summed E-state index contributed by atoms with van der Waals surface area (Å²) >= 11 is 5.22. The number of nitrogens with zero attached hydrogens (tertiary/aromatic N) is 2. The van der Waals surface area contributed by atoms with Crippen LogP contribution in [0, 0.1) is 5.82 Å². The largest absolute Gasteiger partial charge is 0.496 e. The molecule has 2 aromatic carbocycles. The molecule has 1 aliphatic rings. The lowest BCUT2D eigenvalue weighted by Gasteiger charge is -2.24. The van der Waals surface area contributed by atoms with Crippen molar-refractivity contribution in [2.45, 2.75) is 5.75 Å². The zero-order valence-corrected chi connectivity index (χ0v) is 16.7. The number of hydrogen-bond donors (Lipinski definition) is 0. The molecule has 0 spiro atoms. The van der Waals surface area contributed by atoms with Crippen molar-refractivity contribution in [3.05, 3.63) is 69.8 Å². The Bertz CT molecular complexity index is 886. The van der Waals surface area contributed by atoms with Gasteiger partial charge in [-0.05, 0) is 42.2 Å². The van der Waals surface area contributed by atoms with Crippen LogP contribution in [0.5, 0.6) is 5.75 Å². The van der Waals surface area contributed by atoms with E-state index in [-0.39, 0.29) is 18.1 Å². The van der Waals surface area contributed by atoms with Crippen LogP contribution in [0.25, 0.3) is 0 Å². The molecular formula is C19H17BrF2N2OS. The number of thioether (sulfide) groups is 1. The summed E-state index contributed by atoms with van der Waals surface area (Å²) in [6.07, 6.45) is 3.45. The van der Waals surface area contributed by atoms with Gasteiger partial charge in [-0.15, -0.1) is 0 Å². The quantitative estimate of drug-likeness (QED) is 0.612. The third-order valence-electron chi connectivity index (χ3n) is 3.88. The summed E-state index contributed by atoms with van der Waals surface area (Å²) in [4.78, 5) is 6.10. The molecule has 0 saturated heterocycles. The van der Waals surface area contributed by atoms with Gasteiger partial charge in [0, 0.05) is 33.7 Å². The Morgan fingerprint density at radius 2 is 2.04 bits per heavy atom. The fourth-order valence-corrected chi connectivity index (χ4v) is 3.77. The average molecular weight is 439 g/mol. The van der Waals surface area contributed by atoms with E-state index in [9.17, 15) is 8.78 Å². The molecule has 1 aliphatic heterocycles. The van der Waals surface area contributed by atoms with Gasteiger partial charge in [0.05, 0.1) is 7.11 Å². The van der Waals surface area contributed by atoms with Gasteiger partial charge in [0.25, 0.3) is 0 Å². The van der Waals surface area contributed by atoms with Crippen LogP contribution in [0.4, 0.5) is 14.5 Å². The van der Waals surface area contributed by atoms with E-state index in [2.05, 4.69) is 20.9 Å². The van der Waals surface area contributed by atoms with Gasteiger partial charge in [-0.1, -0.05) is 15.9 Å². The second-order valence-electron chi connectivity index (χ2n) is 5.69. The van der Waals surface area contributed by atoms with Crippen LogP contribution < -0.4 is 9.64 Å². The van der Waals surface area contributed by atoms with Gasteiger partial charge in [-0.2, -0.15) is 11.8 Å². The molecule has 0 bridgehead atoms. The second kappa shape index (κ2) is 8.22. The van der Waals surface area contributed by atoms with Gasteiger partial charge >= 0.3 is 0 Å². The number of hydrogen-bond acceptors (Lipinski definition) is 4. The molecule has 3 rings (SSSR count). The van der Waals surface area contributed by atoms with Crippen LogP contribution in [0.2, 0.25) is 0 Å². The van der Waals surface area contributed by atoms with E-state index in [0.717, 1.165) is 21.5 Å². The molecule has 136 valence electrons. The average Bonchev–Trinajstić information content (AvgIpc) is 2.61. The van der Waals surface area contributed by atoms with Crippen molar-refractivity contribution in [1.82, 2.24) is 0 Å². The third kappa shape index (κ3) is 4.10. The number of methoxy groups -OCH3 is 1. The van der Waals surface area contributed by atoms with E-state index in [1.807, 2.05) is 24.5 Å². The molecule has 26 heavy (non-hydrogen) atoms. The first kappa shape index (κ1) is 18.9. The molecule has 0 aliphatic carbocycles. The van der Waals surface area contributed by atoms with Crippen molar-refractivity contribution in [3.8, 4) is 5.75 Å². The van der Waals surface area contributed by atoms with Gasteiger partial charge in [0.15, 0.2) is 5.83 Å². The molecular weight excluding hydrogens is 422 g/mol. The molecule has 0 N–H and O–H groups in total. The first-order valence-corrected chi connectivity index (χ1v) is 10.0. The lowest BCUT2D eigenvalue weighted by atomic mass is 10.1. The van der Waals surface area contributed by atoms with Crippen LogP contribution >= 0.6 is 27.7 Å². The number of benzene rings is 2. The molecule has 1 heterocycles. The van der Waals surface area contributed by atoms with E-state index in [4.69, 9.17) is 4.74 Å². The molecule has 0 saturated carbocycles. The van der Waals surface area contributed by atoms with Crippen molar-refractivity contribution in [2.75, 3.05) is 24.9 Å². The van der Waals surface area contributed by atoms with E-state index in [1.165, 1.54) is 31.5 Å². The third-order valence-corrected chi connectivity index (χ3v) is 4.96. The zero-order valence-electron chi connectivity index (χ0n) is 14.3. The van der Waals surface area contributed by atoms with Crippen LogP contribution in [0.3, 0.4) is 0 Å². The summed E-state index contributed by atoms with van der Waals surface area (Å²) in [6.45, 7) is 0.262. The fourth-order valence-electron chi connectivity index (χ4n) is 2.74. The number of aliphatic imine (C=N–C) groups is 1. The molecule has 0 amide bonds. The Hall–Kier alpha value is -1.86. The minimum Gasteiger partial charge on any atom is -0.496 e. The topological polar surface area (TPSA) is 24.8 Å². The minimum atomic E-state index is -0.493. The maximum atomic E-state index is 14.8. The summed E-state index contributed by atoms with van der Waals surface area (Å²) in [5, 5.41) is 0. The highest BCUT2D eigenvalue weighted by Gasteiger charge is 2.21. The normalized spacial score (nSPS) is 14.1. The lowest BCUT2D eigenvalue weighted by Crippen LogP contribution is -2.24. The molecule has 2 aromatic rings. The molecule has 3 nitrogen and oxygen atoms in total. The van der Waals surface area contributed by atoms with E-state index < -0.39 is 11.6 Å². The Balaban J connectivity index is 1.90. The predicted octanol–water partition coefficient (Wildman–Crippen LogP) is 5.54. The number of allylic oxidation sites excluding steroid dienone is 1. The zero-order chi connectivity index (χ0) is 18.7. The first-order valence-electron chi connectivity index (χ1n) is 7.83. The van der Waals surface area contributed by atoms with E-state index in [0.29, 0.717) is 5.56 Å². The number of rotatable bonds is 5. The smallest absolute Gasteiger partial charge is 0.165 e. The Kier molecular flexibility index (Phi) is 5.98. The van der Waals surface area contributed by atoms with Gasteiger partial charge in [0.2, 0.25) is 0 Å². The van der Waals surface area contributed by atoms with Crippen LogP contribution in [-0.4, -0.2) is 25.7 Å². The summed E-state index contributed by atoms with van der Waals surface area (Å²) < 4.78 is 34.2. The Morgan fingerprint density at radius 1 is 1.23 bits per heavy atom. The maximum Gasteiger partial charge on any atom is 0.165 e. The SMILES string of the molecule is COc1cc(F)ccc1C1=NCN(c2cc(Br)cc(CSC)c2)C=C1F. The van der Waals surface area contributed by atoms with Crippen molar-refractivity contribution < 1.29 is 13.5 Å². The summed E-state index contributed by atoms with van der Waals surface area (Å²) in [7, 11) is 1.42. The monoisotopic (exact) mass is 438 g/mol. The van der Waals surface area contributed by atoms with Gasteiger partial charge < -0.3 is 9.64 Å². The predicted molar refractivity (Wildman–Crippen MR) is 107 cm³/mol. The standard InChI is InChI=1S/C19H17BrF2N2OS/c1-25-18-8-14(21)3-4-16(18)19-17(22)9-24(11-23-19)15-6-12(10-26-2)5-13(20)7-15/h3-9H,10-11H2,1-2H3. The van der Waals surface area contributed by atoms with Crippen LogP contribution in [0.1, 0.15) is 11.1 Å². The highest BCUT2D eigenvalue weighted by atomic mass is 79.9. The van der Waals surface area contributed by atoms with Crippen molar-refractivity contribution in [2.24, 2.45) is 4.99 Å². The second-order valence-corrected chi connectivity index (χ2v) is 7.47. The first-order chi connectivity index (χ1) is 12.5. The van der Waals surface area contributed by atoms with Gasteiger partial charge in [0.1, 0.15) is 23.9 Å². The fraction of sp³-hybridized carbons (Fsp3) is 0.211. The maximum absolute atomic E-state index is 14.8. The van der Waals surface area contributed by atoms with Crippen LogP contribution in [0.15, 0.2) is 57.9 Å². The summed E-state index contributed by atoms with van der Waals surface area (Å²) in [6, 6.07) is 9.95. The number of ether oxygens (including phenoxy) is 1. The lowest BCUT2D eigenvalue weighted by molar-refractivity contribution is 0.410. The summed E-state index contributed by atoms with van der Waals surface area (Å²) in [5.41, 5.74) is 2.59. The Labute approximate surface area is 163 Å². The molecule has 0 unspecified atom stereocenters. The van der Waals surface area contributed by atoms with Crippen molar-refractivity contribution >= 4 is 39.1 Å².